The molecule has 1 aliphatic rings. The van der Waals surface area contributed by atoms with Crippen molar-refractivity contribution >= 4 is 29.7 Å². The van der Waals surface area contributed by atoms with Crippen molar-refractivity contribution in [2.45, 2.75) is 26.3 Å². The molecule has 1 aliphatic heterocycles. The Morgan fingerprint density at radius 3 is 2.70 bits per heavy atom. The second kappa shape index (κ2) is 7.98. The molecule has 2 rings (SSSR count). The molecule has 2 N–H and O–H groups in total. The minimum Gasteiger partial charge on any atom is -0.381 e. The van der Waals surface area contributed by atoms with Gasteiger partial charge in [0.05, 0.1) is 12.0 Å². The van der Waals surface area contributed by atoms with Gasteiger partial charge >= 0.3 is 0 Å². The minimum absolute atomic E-state index is 0. The van der Waals surface area contributed by atoms with Gasteiger partial charge in [0, 0.05) is 31.2 Å². The lowest BCUT2D eigenvalue weighted by Crippen LogP contribution is -2.50. The Kier molecular flexibility index (Phi) is 6.95. The molecule has 4 nitrogen and oxygen atoms in total. The highest BCUT2D eigenvalue weighted by atomic mass is 35.5. The van der Waals surface area contributed by atoms with Crippen molar-refractivity contribution in [1.29, 1.82) is 0 Å². The lowest BCUT2D eigenvalue weighted by Gasteiger charge is -2.38. The van der Waals surface area contributed by atoms with E-state index in [2.05, 4.69) is 6.07 Å². The summed E-state index contributed by atoms with van der Waals surface area (Å²) < 4.78 is 5.37. The first kappa shape index (κ1) is 17.4. The van der Waals surface area contributed by atoms with E-state index in [1.165, 1.54) is 4.88 Å². The molecule has 0 spiro atoms. The zero-order valence-electron chi connectivity index (χ0n) is 11.8. The lowest BCUT2D eigenvalue weighted by molar-refractivity contribution is -0.147. The Hall–Kier alpha value is -0.620. The maximum Gasteiger partial charge on any atom is 0.230 e. The Bertz CT molecular complexity index is 405. The van der Waals surface area contributed by atoms with Crippen LogP contribution >= 0.6 is 23.7 Å². The molecule has 0 aliphatic carbocycles. The average molecular weight is 319 g/mol. The smallest absolute Gasteiger partial charge is 0.230 e. The maximum atomic E-state index is 12.8. The summed E-state index contributed by atoms with van der Waals surface area (Å²) in [6.07, 6.45) is 1.48. The molecule has 114 valence electrons. The van der Waals surface area contributed by atoms with E-state index in [4.69, 9.17) is 10.5 Å². The highest BCUT2D eigenvalue weighted by Gasteiger charge is 2.41. The number of carbonyl (C=O) groups is 1. The van der Waals surface area contributed by atoms with Gasteiger partial charge in [-0.1, -0.05) is 6.07 Å². The minimum atomic E-state index is -0.411. The van der Waals surface area contributed by atoms with Crippen molar-refractivity contribution in [2.24, 2.45) is 11.1 Å². The number of rotatable bonds is 5. The number of nitrogens with zero attached hydrogens (tertiary/aromatic N) is 1. The van der Waals surface area contributed by atoms with Crippen LogP contribution in [0.2, 0.25) is 0 Å². The predicted octanol–water partition coefficient (Wildman–Crippen LogP) is 2.27. The first-order chi connectivity index (χ1) is 9.22. The summed E-state index contributed by atoms with van der Waals surface area (Å²) in [5.74, 6) is 0.189. The molecule has 0 bridgehead atoms. The number of halogens is 1. The number of hydrogen-bond donors (Lipinski definition) is 1. The Labute approximate surface area is 130 Å². The SMILES string of the molecule is CCN(Cc1cccs1)C(=O)C1(CN)CCOCC1.Cl. The first-order valence-corrected chi connectivity index (χ1v) is 7.69. The highest BCUT2D eigenvalue weighted by Crippen LogP contribution is 2.32. The summed E-state index contributed by atoms with van der Waals surface area (Å²) in [5, 5.41) is 2.04. The standard InChI is InChI=1S/C14H22N2O2S.ClH/c1-2-16(10-12-4-3-9-19-12)13(17)14(11-15)5-7-18-8-6-14;/h3-4,9H,2,5-8,10-11,15H2,1H3;1H. The van der Waals surface area contributed by atoms with E-state index in [0.29, 0.717) is 26.3 Å². The van der Waals surface area contributed by atoms with Crippen LogP contribution in [0.3, 0.4) is 0 Å². The molecule has 0 unspecified atom stereocenters. The highest BCUT2D eigenvalue weighted by molar-refractivity contribution is 7.09. The number of nitrogens with two attached hydrogens (primary N) is 1. The van der Waals surface area contributed by atoms with E-state index in [0.717, 1.165) is 19.4 Å². The van der Waals surface area contributed by atoms with Crippen molar-refractivity contribution in [3.63, 3.8) is 0 Å². The Morgan fingerprint density at radius 1 is 1.50 bits per heavy atom. The van der Waals surface area contributed by atoms with Crippen molar-refractivity contribution in [3.05, 3.63) is 22.4 Å². The molecule has 0 saturated carbocycles. The fraction of sp³-hybridized carbons (Fsp3) is 0.643. The molecule has 1 fully saturated rings. The molecule has 0 atom stereocenters. The molecule has 0 aromatic carbocycles. The zero-order valence-corrected chi connectivity index (χ0v) is 13.5. The molecular formula is C14H23ClN2O2S. The van der Waals surface area contributed by atoms with Gasteiger partial charge in [0.2, 0.25) is 5.91 Å². The van der Waals surface area contributed by atoms with E-state index in [-0.39, 0.29) is 18.3 Å². The number of hydrogen-bond acceptors (Lipinski definition) is 4. The number of carbonyl (C=O) groups excluding carboxylic acids is 1. The van der Waals surface area contributed by atoms with Crippen molar-refractivity contribution in [2.75, 3.05) is 26.3 Å². The van der Waals surface area contributed by atoms with Gasteiger partial charge in [0.15, 0.2) is 0 Å². The molecule has 6 heteroatoms. The van der Waals surface area contributed by atoms with Gasteiger partial charge in [-0.15, -0.1) is 23.7 Å². The van der Waals surface area contributed by atoms with Crippen molar-refractivity contribution in [3.8, 4) is 0 Å². The van der Waals surface area contributed by atoms with Crippen LogP contribution < -0.4 is 5.73 Å². The Balaban J connectivity index is 0.00000200. The molecule has 1 saturated heterocycles. The van der Waals surface area contributed by atoms with E-state index in [1.54, 1.807) is 11.3 Å². The summed E-state index contributed by atoms with van der Waals surface area (Å²) >= 11 is 1.69. The number of ether oxygens (including phenoxy) is 1. The predicted molar refractivity (Wildman–Crippen MR) is 84.2 cm³/mol. The fourth-order valence-electron chi connectivity index (χ4n) is 2.52. The average Bonchev–Trinajstić information content (AvgIpc) is 2.97. The van der Waals surface area contributed by atoms with Gasteiger partial charge in [-0.05, 0) is 31.2 Å². The third-order valence-corrected chi connectivity index (χ3v) is 4.75. The van der Waals surface area contributed by atoms with Crippen molar-refractivity contribution in [1.82, 2.24) is 4.90 Å². The van der Waals surface area contributed by atoms with Gasteiger partial charge < -0.3 is 15.4 Å². The molecule has 2 heterocycles. The second-order valence-electron chi connectivity index (χ2n) is 5.00. The van der Waals surface area contributed by atoms with E-state index in [1.807, 2.05) is 23.3 Å². The third kappa shape index (κ3) is 3.73. The largest absolute Gasteiger partial charge is 0.381 e. The molecule has 0 radical (unpaired) electrons. The molecule has 20 heavy (non-hydrogen) atoms. The number of amides is 1. The van der Waals surface area contributed by atoms with Gasteiger partial charge in [0.25, 0.3) is 0 Å². The van der Waals surface area contributed by atoms with Crippen LogP contribution in [0.4, 0.5) is 0 Å². The monoisotopic (exact) mass is 318 g/mol. The normalized spacial score (nSPS) is 17.3. The molecule has 1 aromatic rings. The van der Waals surface area contributed by atoms with Crippen LogP contribution in [-0.4, -0.2) is 37.1 Å². The molecule has 1 aromatic heterocycles. The number of thiophene rings is 1. The first-order valence-electron chi connectivity index (χ1n) is 6.81. The second-order valence-corrected chi connectivity index (χ2v) is 6.03. The van der Waals surface area contributed by atoms with Crippen LogP contribution in [0.5, 0.6) is 0 Å². The fourth-order valence-corrected chi connectivity index (χ4v) is 3.24. The van der Waals surface area contributed by atoms with E-state index < -0.39 is 5.41 Å². The summed E-state index contributed by atoms with van der Waals surface area (Å²) in [6.45, 7) is 5.12. The zero-order chi connectivity index (χ0) is 13.7. The van der Waals surface area contributed by atoms with Gasteiger partial charge in [-0.3, -0.25) is 4.79 Å². The van der Waals surface area contributed by atoms with Crippen LogP contribution in [0, 0.1) is 5.41 Å². The van der Waals surface area contributed by atoms with E-state index in [9.17, 15) is 4.79 Å². The van der Waals surface area contributed by atoms with Gasteiger partial charge in [-0.25, -0.2) is 0 Å². The maximum absolute atomic E-state index is 12.8. The molecular weight excluding hydrogens is 296 g/mol. The van der Waals surface area contributed by atoms with Crippen LogP contribution in [0.15, 0.2) is 17.5 Å². The van der Waals surface area contributed by atoms with Gasteiger partial charge in [-0.2, -0.15) is 0 Å². The quantitative estimate of drug-likeness (QED) is 0.906. The third-order valence-electron chi connectivity index (χ3n) is 3.89. The molecule has 1 amide bonds. The summed E-state index contributed by atoms with van der Waals surface area (Å²) in [5.41, 5.74) is 5.49. The Morgan fingerprint density at radius 2 is 2.20 bits per heavy atom. The topological polar surface area (TPSA) is 55.6 Å². The van der Waals surface area contributed by atoms with Crippen LogP contribution in [0.1, 0.15) is 24.6 Å². The van der Waals surface area contributed by atoms with Crippen LogP contribution in [0.25, 0.3) is 0 Å². The van der Waals surface area contributed by atoms with Crippen molar-refractivity contribution < 1.29 is 9.53 Å². The van der Waals surface area contributed by atoms with E-state index >= 15 is 0 Å². The van der Waals surface area contributed by atoms with Crippen LogP contribution in [-0.2, 0) is 16.1 Å². The lowest BCUT2D eigenvalue weighted by atomic mass is 9.79. The van der Waals surface area contributed by atoms with Gasteiger partial charge in [0.1, 0.15) is 0 Å². The summed E-state index contributed by atoms with van der Waals surface area (Å²) in [4.78, 5) is 15.9. The summed E-state index contributed by atoms with van der Waals surface area (Å²) in [6, 6.07) is 4.09. The summed E-state index contributed by atoms with van der Waals surface area (Å²) in [7, 11) is 0.